The molecule has 0 saturated carbocycles. The predicted molar refractivity (Wildman–Crippen MR) is 78.8 cm³/mol. The highest BCUT2D eigenvalue weighted by atomic mass is 16.4. The van der Waals surface area contributed by atoms with Gasteiger partial charge in [-0.3, -0.25) is 14.6 Å². The summed E-state index contributed by atoms with van der Waals surface area (Å²) in [7, 11) is 0. The van der Waals surface area contributed by atoms with Gasteiger partial charge >= 0.3 is 5.97 Å². The van der Waals surface area contributed by atoms with E-state index in [1.807, 2.05) is 9.58 Å². The van der Waals surface area contributed by atoms with Crippen LogP contribution in [0.4, 0.5) is 0 Å². The summed E-state index contributed by atoms with van der Waals surface area (Å²) < 4.78 is 1.97. The van der Waals surface area contributed by atoms with E-state index < -0.39 is 12.0 Å². The monoisotopic (exact) mass is 295 g/mol. The topological polar surface area (TPSA) is 74.5 Å². The highest BCUT2D eigenvalue weighted by Crippen LogP contribution is 2.10. The number of hydrogen-bond acceptors (Lipinski definition) is 5. The van der Waals surface area contributed by atoms with Crippen molar-refractivity contribution >= 4 is 5.97 Å². The van der Waals surface area contributed by atoms with Gasteiger partial charge in [-0.2, -0.15) is 5.10 Å². The van der Waals surface area contributed by atoms with Gasteiger partial charge in [0.1, 0.15) is 18.2 Å². The average molecular weight is 295 g/mol. The molecule has 1 N–H and O–H groups in total. The molecule has 1 unspecified atom stereocenters. The highest BCUT2D eigenvalue weighted by molar-refractivity contribution is 5.72. The van der Waals surface area contributed by atoms with Gasteiger partial charge in [-0.25, -0.2) is 9.67 Å². The van der Waals surface area contributed by atoms with Crippen molar-refractivity contribution in [2.24, 2.45) is 5.92 Å². The van der Waals surface area contributed by atoms with Crippen LogP contribution in [-0.4, -0.2) is 67.9 Å². The maximum Gasteiger partial charge on any atom is 0.320 e. The molecular weight excluding hydrogens is 270 g/mol. The fourth-order valence-electron chi connectivity index (χ4n) is 2.57. The number of carboxylic acids is 1. The number of rotatable bonds is 6. The first-order valence-corrected chi connectivity index (χ1v) is 7.53. The van der Waals surface area contributed by atoms with Gasteiger partial charge < -0.3 is 5.11 Å². The Kier molecular flexibility index (Phi) is 5.30. The van der Waals surface area contributed by atoms with Crippen molar-refractivity contribution in [3.05, 3.63) is 12.2 Å². The predicted octanol–water partition coefficient (Wildman–Crippen LogP) is 0.525. The number of carboxylic acid groups (broad SMARTS) is 1. The van der Waals surface area contributed by atoms with Gasteiger partial charge in [0.05, 0.1) is 6.54 Å². The lowest BCUT2D eigenvalue weighted by molar-refractivity contribution is -0.143. The van der Waals surface area contributed by atoms with Crippen LogP contribution in [0.1, 0.15) is 26.6 Å². The van der Waals surface area contributed by atoms with Gasteiger partial charge in [-0.15, -0.1) is 0 Å². The van der Waals surface area contributed by atoms with Crippen LogP contribution in [0.3, 0.4) is 0 Å². The minimum absolute atomic E-state index is 0.406. The molecule has 1 fully saturated rings. The van der Waals surface area contributed by atoms with Crippen LogP contribution in [0.25, 0.3) is 0 Å². The minimum atomic E-state index is -0.750. The summed E-state index contributed by atoms with van der Waals surface area (Å²) in [5.41, 5.74) is 0. The molecule has 1 saturated heterocycles. The molecule has 0 aromatic carbocycles. The molecule has 1 aliphatic heterocycles. The third-order valence-corrected chi connectivity index (χ3v) is 3.91. The fourth-order valence-corrected chi connectivity index (χ4v) is 2.57. The third kappa shape index (κ3) is 4.25. The van der Waals surface area contributed by atoms with Crippen molar-refractivity contribution < 1.29 is 9.90 Å². The molecule has 21 heavy (non-hydrogen) atoms. The Bertz CT molecular complexity index is 466. The zero-order valence-electron chi connectivity index (χ0n) is 13.1. The first-order valence-electron chi connectivity index (χ1n) is 7.53. The molecule has 1 aliphatic rings. The molecule has 2 rings (SSSR count). The minimum Gasteiger partial charge on any atom is -0.480 e. The SMILES string of the molecule is CC(C)Cn1ncnc1CN1CCN(C(C)C(=O)O)CC1. The number of nitrogens with zero attached hydrogens (tertiary/aromatic N) is 5. The quantitative estimate of drug-likeness (QED) is 0.825. The average Bonchev–Trinajstić information content (AvgIpc) is 2.85. The summed E-state index contributed by atoms with van der Waals surface area (Å²) in [5.74, 6) is 0.780. The second-order valence-corrected chi connectivity index (χ2v) is 6.08. The lowest BCUT2D eigenvalue weighted by Gasteiger charge is -2.36. The summed E-state index contributed by atoms with van der Waals surface area (Å²) in [6, 6.07) is -0.406. The Morgan fingerprint density at radius 3 is 2.52 bits per heavy atom. The van der Waals surface area contributed by atoms with Crippen molar-refractivity contribution in [2.75, 3.05) is 26.2 Å². The van der Waals surface area contributed by atoms with E-state index in [9.17, 15) is 4.79 Å². The van der Waals surface area contributed by atoms with Gasteiger partial charge in [0, 0.05) is 32.7 Å². The third-order valence-electron chi connectivity index (χ3n) is 3.91. The maximum absolute atomic E-state index is 11.0. The molecule has 0 amide bonds. The van der Waals surface area contributed by atoms with Crippen LogP contribution >= 0.6 is 0 Å². The van der Waals surface area contributed by atoms with Gasteiger partial charge in [-0.05, 0) is 12.8 Å². The Balaban J connectivity index is 1.86. The molecule has 0 radical (unpaired) electrons. The molecule has 7 heteroatoms. The van der Waals surface area contributed by atoms with Crippen molar-refractivity contribution in [1.29, 1.82) is 0 Å². The lowest BCUT2D eigenvalue weighted by atomic mass is 10.2. The van der Waals surface area contributed by atoms with E-state index in [0.29, 0.717) is 5.92 Å². The number of piperazine rings is 1. The molecule has 0 bridgehead atoms. The second kappa shape index (κ2) is 7.00. The summed E-state index contributed by atoms with van der Waals surface area (Å²) >= 11 is 0. The van der Waals surface area contributed by atoms with E-state index in [-0.39, 0.29) is 0 Å². The smallest absolute Gasteiger partial charge is 0.320 e. The number of aliphatic carboxylic acids is 1. The molecule has 2 heterocycles. The lowest BCUT2D eigenvalue weighted by Crippen LogP contribution is -2.51. The van der Waals surface area contributed by atoms with Gasteiger partial charge in [-0.1, -0.05) is 13.8 Å². The van der Waals surface area contributed by atoms with Crippen LogP contribution in [-0.2, 0) is 17.9 Å². The van der Waals surface area contributed by atoms with E-state index in [1.54, 1.807) is 13.3 Å². The van der Waals surface area contributed by atoms with E-state index in [0.717, 1.165) is 45.1 Å². The van der Waals surface area contributed by atoms with Gasteiger partial charge in [0.2, 0.25) is 0 Å². The van der Waals surface area contributed by atoms with E-state index in [1.165, 1.54) is 0 Å². The summed E-state index contributed by atoms with van der Waals surface area (Å²) in [6.45, 7) is 11.0. The first kappa shape index (κ1) is 15.9. The highest BCUT2D eigenvalue weighted by Gasteiger charge is 2.25. The summed E-state index contributed by atoms with van der Waals surface area (Å²) in [5, 5.41) is 13.3. The van der Waals surface area contributed by atoms with E-state index >= 15 is 0 Å². The molecule has 1 aromatic heterocycles. The number of carbonyl (C=O) groups is 1. The Morgan fingerprint density at radius 2 is 1.95 bits per heavy atom. The standard InChI is InChI=1S/C14H25N5O2/c1-11(2)8-19-13(15-10-16-19)9-17-4-6-18(7-5-17)12(3)14(20)21/h10-12H,4-9H2,1-3H3,(H,20,21). The Hall–Kier alpha value is -1.47. The van der Waals surface area contributed by atoms with Crippen LogP contribution in [0.15, 0.2) is 6.33 Å². The molecule has 0 aliphatic carbocycles. The normalized spacial score (nSPS) is 19.0. The van der Waals surface area contributed by atoms with E-state index in [2.05, 4.69) is 28.8 Å². The van der Waals surface area contributed by atoms with Crippen LogP contribution in [0.5, 0.6) is 0 Å². The van der Waals surface area contributed by atoms with Crippen molar-refractivity contribution in [3.63, 3.8) is 0 Å². The molecule has 118 valence electrons. The number of hydrogen-bond donors (Lipinski definition) is 1. The van der Waals surface area contributed by atoms with Crippen LogP contribution < -0.4 is 0 Å². The largest absolute Gasteiger partial charge is 0.480 e. The van der Waals surface area contributed by atoms with E-state index in [4.69, 9.17) is 5.11 Å². The Labute approximate surface area is 125 Å². The van der Waals surface area contributed by atoms with Crippen molar-refractivity contribution in [3.8, 4) is 0 Å². The molecule has 1 atom stereocenters. The maximum atomic E-state index is 11.0. The fraction of sp³-hybridized carbons (Fsp3) is 0.786. The molecule has 0 spiro atoms. The summed E-state index contributed by atoms with van der Waals surface area (Å²) in [4.78, 5) is 19.7. The molecular formula is C14H25N5O2. The number of aromatic nitrogens is 3. The first-order chi connectivity index (χ1) is 9.97. The van der Waals surface area contributed by atoms with Crippen LogP contribution in [0, 0.1) is 5.92 Å². The van der Waals surface area contributed by atoms with Crippen molar-refractivity contribution in [1.82, 2.24) is 24.6 Å². The Morgan fingerprint density at radius 1 is 1.29 bits per heavy atom. The zero-order valence-corrected chi connectivity index (χ0v) is 13.1. The second-order valence-electron chi connectivity index (χ2n) is 6.08. The summed E-state index contributed by atoms with van der Waals surface area (Å²) in [6.07, 6.45) is 1.61. The molecule has 1 aromatic rings. The molecule has 7 nitrogen and oxygen atoms in total. The van der Waals surface area contributed by atoms with Crippen molar-refractivity contribution in [2.45, 2.75) is 39.9 Å². The van der Waals surface area contributed by atoms with Gasteiger partial charge in [0.25, 0.3) is 0 Å². The van der Waals surface area contributed by atoms with Gasteiger partial charge in [0.15, 0.2) is 0 Å². The van der Waals surface area contributed by atoms with Crippen LogP contribution in [0.2, 0.25) is 0 Å². The zero-order chi connectivity index (χ0) is 15.4.